The maximum atomic E-state index is 12.3. The van der Waals surface area contributed by atoms with Crippen LogP contribution in [0.1, 0.15) is 29.3 Å². The van der Waals surface area contributed by atoms with Crippen molar-refractivity contribution >= 4 is 23.5 Å². The Morgan fingerprint density at radius 2 is 1.84 bits per heavy atom. The number of hydrogen-bond acceptors (Lipinski definition) is 4. The molecule has 2 aromatic rings. The minimum Gasteiger partial charge on any atom is -0.494 e. The third kappa shape index (κ3) is 5.00. The van der Waals surface area contributed by atoms with Crippen LogP contribution in [0.25, 0.3) is 6.08 Å². The predicted molar refractivity (Wildman–Crippen MR) is 100 cm³/mol. The van der Waals surface area contributed by atoms with E-state index in [1.165, 1.54) is 20.3 Å². The first-order valence-electron chi connectivity index (χ1n) is 7.95. The fraction of sp³-hybridized carbons (Fsp3) is 0.250. The number of hydrogen-bond donors (Lipinski definition) is 0. The van der Waals surface area contributed by atoms with Gasteiger partial charge in [-0.1, -0.05) is 24.6 Å². The average Bonchev–Trinajstić information content (AvgIpc) is 2.64. The van der Waals surface area contributed by atoms with Gasteiger partial charge >= 0.3 is 0 Å². The summed E-state index contributed by atoms with van der Waals surface area (Å²) in [7, 11) is 3.06. The zero-order chi connectivity index (χ0) is 18.2. The lowest BCUT2D eigenvalue weighted by molar-refractivity contribution is 0.104. The fourth-order valence-electron chi connectivity index (χ4n) is 2.24. The van der Waals surface area contributed by atoms with E-state index in [0.717, 1.165) is 17.7 Å². The van der Waals surface area contributed by atoms with Crippen LogP contribution in [0, 0.1) is 0 Å². The van der Waals surface area contributed by atoms with Crippen molar-refractivity contribution in [2.45, 2.75) is 13.3 Å². The molecule has 0 aromatic heterocycles. The molecular weight excluding hydrogens is 340 g/mol. The molecule has 0 saturated carbocycles. The monoisotopic (exact) mass is 360 g/mol. The smallest absolute Gasteiger partial charge is 0.185 e. The summed E-state index contributed by atoms with van der Waals surface area (Å²) in [6.45, 7) is 2.70. The van der Waals surface area contributed by atoms with Gasteiger partial charge in [-0.3, -0.25) is 4.79 Å². The van der Waals surface area contributed by atoms with Crippen molar-refractivity contribution in [3.63, 3.8) is 0 Å². The molecule has 0 N–H and O–H groups in total. The Bertz CT molecular complexity index is 751. The molecule has 0 atom stereocenters. The van der Waals surface area contributed by atoms with Crippen molar-refractivity contribution in [2.75, 3.05) is 20.8 Å². The number of allylic oxidation sites excluding steroid dienone is 1. The van der Waals surface area contributed by atoms with E-state index in [0.29, 0.717) is 28.7 Å². The van der Waals surface area contributed by atoms with Crippen LogP contribution < -0.4 is 14.2 Å². The summed E-state index contributed by atoms with van der Waals surface area (Å²) in [6, 6.07) is 10.6. The molecule has 0 bridgehead atoms. The first-order chi connectivity index (χ1) is 12.1. The molecule has 0 radical (unpaired) electrons. The Balaban J connectivity index is 2.13. The molecule has 0 unspecified atom stereocenters. The molecular formula is C20H21ClO4. The molecule has 132 valence electrons. The van der Waals surface area contributed by atoms with Crippen LogP contribution in [0.5, 0.6) is 17.2 Å². The Hall–Kier alpha value is -2.46. The Labute approximate surface area is 153 Å². The molecule has 2 rings (SSSR count). The van der Waals surface area contributed by atoms with Gasteiger partial charge in [0.2, 0.25) is 0 Å². The summed E-state index contributed by atoms with van der Waals surface area (Å²) in [6.07, 6.45) is 4.13. The van der Waals surface area contributed by atoms with Crippen molar-refractivity contribution in [3.05, 3.63) is 58.6 Å². The van der Waals surface area contributed by atoms with E-state index in [1.807, 2.05) is 6.92 Å². The number of rotatable bonds is 8. The van der Waals surface area contributed by atoms with Gasteiger partial charge in [0.15, 0.2) is 17.3 Å². The van der Waals surface area contributed by atoms with Crippen LogP contribution in [-0.4, -0.2) is 26.6 Å². The second kappa shape index (κ2) is 9.14. The summed E-state index contributed by atoms with van der Waals surface area (Å²) in [5.74, 6) is 1.64. The van der Waals surface area contributed by atoms with Gasteiger partial charge in [0.05, 0.1) is 25.8 Å². The lowest BCUT2D eigenvalue weighted by Crippen LogP contribution is -1.97. The van der Waals surface area contributed by atoms with Crippen LogP contribution in [-0.2, 0) is 0 Å². The number of halogens is 1. The number of carbonyl (C=O) groups is 1. The molecule has 4 nitrogen and oxygen atoms in total. The fourth-order valence-corrected chi connectivity index (χ4v) is 2.53. The van der Waals surface area contributed by atoms with Crippen molar-refractivity contribution in [2.24, 2.45) is 0 Å². The van der Waals surface area contributed by atoms with E-state index in [-0.39, 0.29) is 5.78 Å². The number of ether oxygens (including phenoxy) is 3. The number of carbonyl (C=O) groups excluding carboxylic acids is 1. The first kappa shape index (κ1) is 18.9. The first-order valence-corrected chi connectivity index (χ1v) is 8.33. The van der Waals surface area contributed by atoms with Crippen molar-refractivity contribution < 1.29 is 19.0 Å². The maximum Gasteiger partial charge on any atom is 0.185 e. The average molecular weight is 361 g/mol. The molecule has 25 heavy (non-hydrogen) atoms. The van der Waals surface area contributed by atoms with Crippen LogP contribution in [0.2, 0.25) is 5.02 Å². The molecule has 0 amide bonds. The van der Waals surface area contributed by atoms with E-state index < -0.39 is 0 Å². The molecule has 0 aliphatic carbocycles. The van der Waals surface area contributed by atoms with E-state index in [1.54, 1.807) is 42.5 Å². The molecule has 0 saturated heterocycles. The van der Waals surface area contributed by atoms with E-state index in [2.05, 4.69) is 0 Å². The maximum absolute atomic E-state index is 12.3. The highest BCUT2D eigenvalue weighted by atomic mass is 35.5. The van der Waals surface area contributed by atoms with E-state index in [4.69, 9.17) is 25.8 Å². The minimum absolute atomic E-state index is 0.104. The topological polar surface area (TPSA) is 44.8 Å². The molecule has 0 aliphatic heterocycles. The van der Waals surface area contributed by atoms with Gasteiger partial charge < -0.3 is 14.2 Å². The summed E-state index contributed by atoms with van der Waals surface area (Å²) in [5.41, 5.74) is 1.34. The third-order valence-corrected chi connectivity index (χ3v) is 3.78. The second-order valence-corrected chi connectivity index (χ2v) is 5.72. The van der Waals surface area contributed by atoms with Crippen molar-refractivity contribution in [1.29, 1.82) is 0 Å². The normalized spacial score (nSPS) is 10.7. The number of benzene rings is 2. The lowest BCUT2D eigenvalue weighted by atomic mass is 10.1. The van der Waals surface area contributed by atoms with E-state index in [9.17, 15) is 4.79 Å². The van der Waals surface area contributed by atoms with Crippen molar-refractivity contribution in [3.8, 4) is 17.2 Å². The SMILES string of the molecule is CCCOc1ccc(C(=O)/C=C/c2cc(Cl)c(OC)c(OC)c2)cc1. The van der Waals surface area contributed by atoms with Crippen LogP contribution in [0.4, 0.5) is 0 Å². The second-order valence-electron chi connectivity index (χ2n) is 5.31. The van der Waals surface area contributed by atoms with Gasteiger partial charge in [-0.2, -0.15) is 0 Å². The predicted octanol–water partition coefficient (Wildman–Crippen LogP) is 5.04. The molecule has 0 fully saturated rings. The van der Waals surface area contributed by atoms with E-state index >= 15 is 0 Å². The molecule has 5 heteroatoms. The lowest BCUT2D eigenvalue weighted by Gasteiger charge is -2.10. The zero-order valence-corrected chi connectivity index (χ0v) is 15.3. The summed E-state index contributed by atoms with van der Waals surface area (Å²) in [4.78, 5) is 12.3. The minimum atomic E-state index is -0.104. The van der Waals surface area contributed by atoms with Gasteiger partial charge in [-0.05, 0) is 54.5 Å². The molecule has 0 spiro atoms. The molecule has 2 aromatic carbocycles. The Morgan fingerprint density at radius 1 is 1.12 bits per heavy atom. The number of methoxy groups -OCH3 is 2. The summed E-state index contributed by atoms with van der Waals surface area (Å²) >= 11 is 6.17. The van der Waals surface area contributed by atoms with Gasteiger partial charge in [0, 0.05) is 5.56 Å². The summed E-state index contributed by atoms with van der Waals surface area (Å²) in [5, 5.41) is 0.423. The summed E-state index contributed by atoms with van der Waals surface area (Å²) < 4.78 is 16.0. The molecule has 0 heterocycles. The highest BCUT2D eigenvalue weighted by molar-refractivity contribution is 6.32. The highest BCUT2D eigenvalue weighted by Gasteiger charge is 2.10. The van der Waals surface area contributed by atoms with Crippen LogP contribution in [0.3, 0.4) is 0 Å². The highest BCUT2D eigenvalue weighted by Crippen LogP contribution is 2.36. The Morgan fingerprint density at radius 3 is 2.44 bits per heavy atom. The van der Waals surface area contributed by atoms with Crippen LogP contribution in [0.15, 0.2) is 42.5 Å². The number of ketones is 1. The Kier molecular flexibility index (Phi) is 6.90. The van der Waals surface area contributed by atoms with Crippen molar-refractivity contribution in [1.82, 2.24) is 0 Å². The van der Waals surface area contributed by atoms with Gasteiger partial charge in [-0.15, -0.1) is 0 Å². The molecule has 0 aliphatic rings. The standard InChI is InChI=1S/C20H21ClO4/c1-4-11-25-16-8-6-15(7-9-16)18(22)10-5-14-12-17(21)20(24-3)19(13-14)23-2/h5-10,12-13H,4,11H2,1-3H3/b10-5+. The van der Waals surface area contributed by atoms with Gasteiger partial charge in [0.1, 0.15) is 5.75 Å². The van der Waals surface area contributed by atoms with Gasteiger partial charge in [-0.25, -0.2) is 0 Å². The van der Waals surface area contributed by atoms with Gasteiger partial charge in [0.25, 0.3) is 0 Å². The van der Waals surface area contributed by atoms with Crippen LogP contribution >= 0.6 is 11.6 Å². The quantitative estimate of drug-likeness (QED) is 0.488. The third-order valence-electron chi connectivity index (χ3n) is 3.49. The zero-order valence-electron chi connectivity index (χ0n) is 14.5. The largest absolute Gasteiger partial charge is 0.494 e.